The fourth-order valence-corrected chi connectivity index (χ4v) is 3.54. The van der Waals surface area contributed by atoms with Crippen LogP contribution >= 0.6 is 0 Å². The maximum Gasteiger partial charge on any atom is 0.114 e. The zero-order valence-electron chi connectivity index (χ0n) is 17.9. The minimum Gasteiger partial charge on any atom is -0.388 e. The highest BCUT2D eigenvalue weighted by molar-refractivity contribution is 4.87. The van der Waals surface area contributed by atoms with Crippen molar-refractivity contribution >= 4 is 0 Å². The van der Waals surface area contributed by atoms with Crippen molar-refractivity contribution in [3.8, 4) is 0 Å². The summed E-state index contributed by atoms with van der Waals surface area (Å²) < 4.78 is 10.6. The molecule has 1 saturated heterocycles. The van der Waals surface area contributed by atoms with Crippen LogP contribution in [0.5, 0.6) is 0 Å². The number of ether oxygens (including phenoxy) is 2. The fraction of sp³-hybridized carbons (Fsp3) is 0.913. The van der Waals surface area contributed by atoms with Crippen LogP contribution in [0.2, 0.25) is 0 Å². The SMILES string of the molecule is CCCCCCCCCC/C=C/CCCCCOC[C@@H](O)[C@@H]1OC[C@H](O)[C@@H]1O. The maximum atomic E-state index is 9.93. The van der Waals surface area contributed by atoms with Crippen molar-refractivity contribution in [2.24, 2.45) is 0 Å². The molecule has 1 heterocycles. The fourth-order valence-electron chi connectivity index (χ4n) is 3.54. The van der Waals surface area contributed by atoms with Gasteiger partial charge in [-0.1, -0.05) is 70.4 Å². The van der Waals surface area contributed by atoms with Gasteiger partial charge in [-0.15, -0.1) is 0 Å². The Hall–Kier alpha value is -0.460. The second-order valence-corrected chi connectivity index (χ2v) is 8.08. The van der Waals surface area contributed by atoms with E-state index in [-0.39, 0.29) is 13.2 Å². The molecule has 0 unspecified atom stereocenters. The molecule has 0 aromatic rings. The van der Waals surface area contributed by atoms with E-state index in [1.807, 2.05) is 0 Å². The van der Waals surface area contributed by atoms with Gasteiger partial charge in [-0.25, -0.2) is 0 Å². The minimum atomic E-state index is -1.03. The van der Waals surface area contributed by atoms with Gasteiger partial charge in [-0.2, -0.15) is 0 Å². The second-order valence-electron chi connectivity index (χ2n) is 8.08. The van der Waals surface area contributed by atoms with Crippen molar-refractivity contribution in [2.75, 3.05) is 19.8 Å². The number of hydrogen-bond acceptors (Lipinski definition) is 5. The predicted molar refractivity (Wildman–Crippen MR) is 113 cm³/mol. The molecule has 1 fully saturated rings. The van der Waals surface area contributed by atoms with Crippen LogP contribution in [0.4, 0.5) is 0 Å². The second kappa shape index (κ2) is 17.4. The Morgan fingerprint density at radius 1 is 0.893 bits per heavy atom. The molecule has 0 bridgehead atoms. The van der Waals surface area contributed by atoms with Gasteiger partial charge in [0.1, 0.15) is 24.4 Å². The third kappa shape index (κ3) is 12.2. The van der Waals surface area contributed by atoms with Gasteiger partial charge in [-0.05, 0) is 32.1 Å². The van der Waals surface area contributed by atoms with E-state index in [1.165, 1.54) is 57.8 Å². The number of rotatable bonds is 18. The van der Waals surface area contributed by atoms with Gasteiger partial charge in [-0.3, -0.25) is 0 Å². The lowest BCUT2D eigenvalue weighted by molar-refractivity contribution is -0.0813. The van der Waals surface area contributed by atoms with Gasteiger partial charge in [0.05, 0.1) is 13.2 Å². The van der Waals surface area contributed by atoms with Crippen LogP contribution in [0, 0.1) is 0 Å². The van der Waals surface area contributed by atoms with Crippen LogP contribution in [-0.4, -0.2) is 59.6 Å². The number of aliphatic hydroxyl groups is 3. The molecule has 0 amide bonds. The Labute approximate surface area is 172 Å². The minimum absolute atomic E-state index is 0.0649. The summed E-state index contributed by atoms with van der Waals surface area (Å²) in [4.78, 5) is 0. The van der Waals surface area contributed by atoms with E-state index in [9.17, 15) is 15.3 Å². The quantitative estimate of drug-likeness (QED) is 0.238. The summed E-state index contributed by atoms with van der Waals surface area (Å²) >= 11 is 0. The van der Waals surface area contributed by atoms with Crippen molar-refractivity contribution in [3.05, 3.63) is 12.2 Å². The van der Waals surface area contributed by atoms with Crippen LogP contribution in [0.1, 0.15) is 90.4 Å². The molecule has 166 valence electrons. The first-order valence-corrected chi connectivity index (χ1v) is 11.5. The highest BCUT2D eigenvalue weighted by Crippen LogP contribution is 2.18. The lowest BCUT2D eigenvalue weighted by Crippen LogP contribution is -2.40. The summed E-state index contributed by atoms with van der Waals surface area (Å²) in [6.07, 6.45) is 17.6. The first-order chi connectivity index (χ1) is 13.7. The number of hydrogen-bond donors (Lipinski definition) is 3. The Balaban J connectivity index is 1.81. The molecule has 0 aliphatic carbocycles. The van der Waals surface area contributed by atoms with Crippen LogP contribution in [0.25, 0.3) is 0 Å². The van der Waals surface area contributed by atoms with E-state index in [0.29, 0.717) is 6.61 Å². The van der Waals surface area contributed by atoms with E-state index in [0.717, 1.165) is 25.7 Å². The Morgan fingerprint density at radius 2 is 1.46 bits per heavy atom. The Kier molecular flexibility index (Phi) is 15.9. The molecule has 0 aromatic carbocycles. The molecule has 0 saturated carbocycles. The highest BCUT2D eigenvalue weighted by Gasteiger charge is 2.39. The number of unbranched alkanes of at least 4 members (excludes halogenated alkanes) is 11. The average Bonchev–Trinajstić information content (AvgIpc) is 3.03. The third-order valence-corrected chi connectivity index (χ3v) is 5.41. The Bertz CT molecular complexity index is 374. The van der Waals surface area contributed by atoms with Crippen molar-refractivity contribution in [2.45, 2.75) is 115 Å². The summed E-state index contributed by atoms with van der Waals surface area (Å²) in [6.45, 7) is 3.06. The molecule has 1 rings (SSSR count). The van der Waals surface area contributed by atoms with Gasteiger partial charge in [0.15, 0.2) is 0 Å². The zero-order valence-corrected chi connectivity index (χ0v) is 17.9. The lowest BCUT2D eigenvalue weighted by atomic mass is 10.1. The van der Waals surface area contributed by atoms with Gasteiger partial charge in [0, 0.05) is 6.61 Å². The third-order valence-electron chi connectivity index (χ3n) is 5.41. The molecule has 0 radical (unpaired) electrons. The summed E-state index contributed by atoms with van der Waals surface area (Å²) in [6, 6.07) is 0. The summed E-state index contributed by atoms with van der Waals surface area (Å²) in [5.74, 6) is 0. The average molecular weight is 401 g/mol. The first-order valence-electron chi connectivity index (χ1n) is 11.5. The molecule has 28 heavy (non-hydrogen) atoms. The van der Waals surface area contributed by atoms with Crippen molar-refractivity contribution in [1.82, 2.24) is 0 Å². The van der Waals surface area contributed by atoms with Crippen molar-refractivity contribution in [1.29, 1.82) is 0 Å². The van der Waals surface area contributed by atoms with Crippen LogP contribution in [0.15, 0.2) is 12.2 Å². The number of aliphatic hydroxyl groups excluding tert-OH is 3. The predicted octanol–water partition coefficient (Wildman–Crippen LogP) is 4.13. The molecule has 1 aliphatic rings. The van der Waals surface area contributed by atoms with E-state index >= 15 is 0 Å². The van der Waals surface area contributed by atoms with Gasteiger partial charge in [0.25, 0.3) is 0 Å². The number of allylic oxidation sites excluding steroid dienone is 2. The normalized spacial score (nSPS) is 23.6. The van der Waals surface area contributed by atoms with Crippen LogP contribution in [0.3, 0.4) is 0 Å². The lowest BCUT2D eigenvalue weighted by Gasteiger charge is -2.20. The van der Waals surface area contributed by atoms with E-state index in [4.69, 9.17) is 9.47 Å². The van der Waals surface area contributed by atoms with E-state index in [1.54, 1.807) is 0 Å². The van der Waals surface area contributed by atoms with Crippen LogP contribution < -0.4 is 0 Å². The van der Waals surface area contributed by atoms with Gasteiger partial charge >= 0.3 is 0 Å². The Morgan fingerprint density at radius 3 is 2.04 bits per heavy atom. The van der Waals surface area contributed by atoms with Crippen LogP contribution in [-0.2, 0) is 9.47 Å². The first kappa shape index (κ1) is 25.6. The van der Waals surface area contributed by atoms with Gasteiger partial charge in [0.2, 0.25) is 0 Å². The molecule has 0 spiro atoms. The molecule has 0 aromatic heterocycles. The molecular weight excluding hydrogens is 356 g/mol. The van der Waals surface area contributed by atoms with E-state index < -0.39 is 24.4 Å². The summed E-state index contributed by atoms with van der Waals surface area (Å²) in [7, 11) is 0. The summed E-state index contributed by atoms with van der Waals surface area (Å²) in [5.41, 5.74) is 0. The monoisotopic (exact) mass is 400 g/mol. The highest BCUT2D eigenvalue weighted by atomic mass is 16.5. The molecule has 5 heteroatoms. The molecular formula is C23H44O5. The maximum absolute atomic E-state index is 9.93. The standard InChI is InChI=1S/C23H44O5/c1-2-3-4-5-6-7-8-9-10-11-12-13-14-15-16-17-27-18-21(25)23-22(26)20(24)19-28-23/h11-12,20-26H,2-10,13-19H2,1H3/b12-11+/t20-,21+,22-,23-/m0/s1. The largest absolute Gasteiger partial charge is 0.388 e. The zero-order chi connectivity index (χ0) is 20.5. The molecule has 4 atom stereocenters. The topological polar surface area (TPSA) is 79.2 Å². The van der Waals surface area contributed by atoms with E-state index in [2.05, 4.69) is 19.1 Å². The smallest absolute Gasteiger partial charge is 0.114 e. The van der Waals surface area contributed by atoms with Crippen molar-refractivity contribution in [3.63, 3.8) is 0 Å². The molecule has 1 aliphatic heterocycles. The molecule has 5 nitrogen and oxygen atoms in total. The molecule has 3 N–H and O–H groups in total. The van der Waals surface area contributed by atoms with Crippen molar-refractivity contribution < 1.29 is 24.8 Å². The van der Waals surface area contributed by atoms with Gasteiger partial charge < -0.3 is 24.8 Å². The summed E-state index contributed by atoms with van der Waals surface area (Å²) in [5, 5.41) is 29.0.